The molecular weight excluding hydrogens is 928 g/mol. The van der Waals surface area contributed by atoms with Crippen LogP contribution in [0.4, 0.5) is 25.8 Å². The number of anilines is 3. The quantitative estimate of drug-likeness (QED) is 0.0368. The van der Waals surface area contributed by atoms with Crippen molar-refractivity contribution in [3.63, 3.8) is 0 Å². The molecule has 14 nitrogen and oxygen atoms in total. The number of carbonyl (C=O) groups is 2. The second kappa shape index (κ2) is 27.2. The number of hydrogen-bond donors (Lipinski definition) is 5. The van der Waals surface area contributed by atoms with Gasteiger partial charge in [0.1, 0.15) is 17.7 Å². The third-order valence-corrected chi connectivity index (χ3v) is 13.3. The first kappa shape index (κ1) is 56.9. The summed E-state index contributed by atoms with van der Waals surface area (Å²) in [4.78, 5) is 41.4. The van der Waals surface area contributed by atoms with Crippen LogP contribution in [0.15, 0.2) is 91.9 Å². The minimum absolute atomic E-state index is 0. The van der Waals surface area contributed by atoms with E-state index < -0.39 is 5.82 Å². The van der Waals surface area contributed by atoms with Crippen molar-refractivity contribution in [3.05, 3.63) is 157 Å². The zero-order chi connectivity index (χ0) is 49.0. The average Bonchev–Trinajstić information content (AvgIpc) is 3.70. The number of aromatic nitrogens is 3. The summed E-state index contributed by atoms with van der Waals surface area (Å²) in [7, 11) is 1.87. The molecule has 71 heavy (non-hydrogen) atoms. The van der Waals surface area contributed by atoms with Crippen LogP contribution in [0, 0.1) is 31.3 Å². The number of hydroxylamine groups is 1. The fourth-order valence-electron chi connectivity index (χ4n) is 9.37. The van der Waals surface area contributed by atoms with Gasteiger partial charge in [-0.1, -0.05) is 37.4 Å². The molecule has 2 fully saturated rings. The molecule has 0 aliphatic carbocycles. The van der Waals surface area contributed by atoms with Crippen molar-refractivity contribution in [2.45, 2.75) is 96.6 Å². The number of fused-ring (bicyclic) bond motifs is 1. The van der Waals surface area contributed by atoms with Gasteiger partial charge in [0.2, 0.25) is 5.91 Å². The van der Waals surface area contributed by atoms with Crippen molar-refractivity contribution in [2.24, 2.45) is 0 Å². The number of hydrogen-bond acceptors (Lipinski definition) is 11. The van der Waals surface area contributed by atoms with Gasteiger partial charge >= 0.3 is 51.4 Å². The zero-order valence-corrected chi connectivity index (χ0v) is 45.3. The number of pyridine rings is 1. The maximum Gasteiger partial charge on any atom is 1.00 e. The summed E-state index contributed by atoms with van der Waals surface area (Å²) in [6, 6.07) is 12.1. The number of likely N-dealkylation sites (N-methyl/N-ethyl adjacent to an activating group) is 1. The number of likely N-dealkylation sites (tertiary alicyclic amines) is 1. The van der Waals surface area contributed by atoms with Crippen LogP contribution in [0.3, 0.4) is 0 Å². The molecule has 3 unspecified atom stereocenters. The van der Waals surface area contributed by atoms with Gasteiger partial charge in [-0.2, -0.15) is 5.10 Å². The van der Waals surface area contributed by atoms with Crippen molar-refractivity contribution in [1.82, 2.24) is 40.3 Å². The van der Waals surface area contributed by atoms with Crippen LogP contribution in [-0.2, 0) is 29.3 Å². The van der Waals surface area contributed by atoms with Gasteiger partial charge in [0.15, 0.2) is 0 Å². The summed E-state index contributed by atoms with van der Waals surface area (Å²) >= 11 is 0. The number of amides is 2. The van der Waals surface area contributed by atoms with Crippen molar-refractivity contribution >= 4 is 40.5 Å². The van der Waals surface area contributed by atoms with E-state index in [9.17, 15) is 9.59 Å². The fraction of sp³-hybridized carbons (Fsp3) is 0.389. The van der Waals surface area contributed by atoms with Gasteiger partial charge in [0, 0.05) is 67.8 Å². The van der Waals surface area contributed by atoms with Crippen molar-refractivity contribution < 1.29 is 74.6 Å². The van der Waals surface area contributed by atoms with E-state index in [1.807, 2.05) is 80.3 Å². The predicted molar refractivity (Wildman–Crippen MR) is 274 cm³/mol. The molecule has 374 valence electrons. The molecule has 6 heterocycles. The molecule has 4 aliphatic rings. The normalized spacial score (nSPS) is 19.5. The number of nitrogens with two attached hydrogens (primary N) is 1. The van der Waals surface area contributed by atoms with E-state index in [0.29, 0.717) is 69.8 Å². The van der Waals surface area contributed by atoms with Crippen molar-refractivity contribution in [1.29, 1.82) is 0 Å². The van der Waals surface area contributed by atoms with Crippen LogP contribution in [0.25, 0.3) is 11.6 Å². The molecule has 4 aromatic rings. The number of allylic oxidation sites excluding steroid dienone is 2. The number of nitrogen functional groups attached to an aromatic ring is 1. The van der Waals surface area contributed by atoms with Gasteiger partial charge in [0.05, 0.1) is 30.5 Å². The number of benzene rings is 2. The molecular formula is C54H68F2KN11O3-2. The molecule has 6 N–H and O–H groups in total. The van der Waals surface area contributed by atoms with Gasteiger partial charge in [-0.15, -0.1) is 31.1 Å². The maximum atomic E-state index is 15.9. The number of piperidine rings is 1. The zero-order valence-electron chi connectivity index (χ0n) is 42.2. The minimum Gasteiger partial charge on any atom is -0.418 e. The summed E-state index contributed by atoms with van der Waals surface area (Å²) < 4.78 is 33.3. The first-order valence-corrected chi connectivity index (χ1v) is 23.8. The predicted octanol–water partition coefficient (Wildman–Crippen LogP) is 5.28. The molecule has 3 atom stereocenters. The Hall–Kier alpha value is -4.98. The minimum atomic E-state index is -0.502. The molecule has 2 aromatic carbocycles. The monoisotopic (exact) mass is 996 g/mol. The fourth-order valence-corrected chi connectivity index (χ4v) is 9.37. The standard InChI is InChI=1S/C51H61F2N11O3.C2H4.CH3.K/c1-5-39(55-4)12-19-57-48-13-18-56-30-37(48)7-6-33(2)62-22-16-36(17-23-62)50-45(53)26-38(27-46(50)54)51(66)63-24-25-64-42(32-63)28-41(59-64)31-61-20-14-35(15-21-61)43-9-8-40(29-44(43)52)58-47-10-11-49(65)60-67-34(47)3;1-2;;/h5,7-9,12-13,16,18-19,26-29,33-35,47,55,58H,10-11,14-15,17,20-25,31-32,54H2,1-4H3,(H,56,57)(H,60,65);1-2H2;1H3;/q-2;;-1;+1/b19-12-,39-5+;;;. The molecule has 8 rings (SSSR count). The van der Waals surface area contributed by atoms with Crippen LogP contribution >= 0.6 is 0 Å². The van der Waals surface area contributed by atoms with E-state index in [2.05, 4.69) is 68.6 Å². The van der Waals surface area contributed by atoms with Crippen LogP contribution in [0.2, 0.25) is 0 Å². The third-order valence-electron chi connectivity index (χ3n) is 13.3. The molecule has 2 aromatic heterocycles. The number of carbonyl (C=O) groups excluding carboxylic acids is 2. The van der Waals surface area contributed by atoms with Gasteiger partial charge < -0.3 is 56.0 Å². The summed E-state index contributed by atoms with van der Waals surface area (Å²) in [5, 5.41) is 14.6. The Morgan fingerprint density at radius 3 is 2.56 bits per heavy atom. The van der Waals surface area contributed by atoms with E-state index in [1.54, 1.807) is 23.2 Å². The van der Waals surface area contributed by atoms with Crippen molar-refractivity contribution in [2.75, 3.05) is 56.1 Å². The molecule has 0 spiro atoms. The number of nitrogens with one attached hydrogen (secondary N) is 4. The first-order valence-electron chi connectivity index (χ1n) is 23.8. The van der Waals surface area contributed by atoms with E-state index in [0.717, 1.165) is 65.4 Å². The van der Waals surface area contributed by atoms with Crippen LogP contribution < -0.4 is 78.5 Å². The van der Waals surface area contributed by atoms with Crippen LogP contribution in [0.1, 0.15) is 97.2 Å². The molecule has 0 radical (unpaired) electrons. The largest absolute Gasteiger partial charge is 1.00 e. The molecule has 17 heteroatoms. The van der Waals surface area contributed by atoms with Gasteiger partial charge in [0.25, 0.3) is 5.91 Å². The smallest absolute Gasteiger partial charge is 0.418 e. The molecule has 0 saturated carbocycles. The van der Waals surface area contributed by atoms with E-state index in [1.165, 1.54) is 6.07 Å². The Bertz CT molecular complexity index is 2550. The SMILES string of the molecule is C/C=C(\C=C/Nc1ccn[c-]c1C=[C-]C(C)N1CC=C(c2c(N)cc(C(=O)N3CCn4nc(CN5CCC(c6ccc(NC7CCC(=O)NOC7C)cc6F)CC5)cc4C3)cc2F)CC1)NC.C=C.[CH3-].[K+]. The number of rotatable bonds is 14. The number of nitrogens with zero attached hydrogens (tertiary/aromatic N) is 6. The van der Waals surface area contributed by atoms with Crippen LogP contribution in [0.5, 0.6) is 0 Å². The van der Waals surface area contributed by atoms with E-state index >= 15 is 8.78 Å². The summed E-state index contributed by atoms with van der Waals surface area (Å²) in [6.07, 6.45) is 20.8. The number of halogens is 2. The summed E-state index contributed by atoms with van der Waals surface area (Å²) in [5.74, 6) is -1.05. The molecule has 2 amide bonds. The van der Waals surface area contributed by atoms with E-state index in [4.69, 9.17) is 15.7 Å². The Labute approximate surface area is 461 Å². The third kappa shape index (κ3) is 14.6. The van der Waals surface area contributed by atoms with Gasteiger partial charge in [-0.05, 0) is 112 Å². The second-order valence-corrected chi connectivity index (χ2v) is 17.7. The van der Waals surface area contributed by atoms with E-state index in [-0.39, 0.29) is 112 Å². The Morgan fingerprint density at radius 1 is 1.07 bits per heavy atom. The summed E-state index contributed by atoms with van der Waals surface area (Å²) in [6.45, 7) is 16.8. The molecule has 2 saturated heterocycles. The molecule has 0 bridgehead atoms. The molecule has 4 aliphatic heterocycles. The van der Waals surface area contributed by atoms with Crippen molar-refractivity contribution in [3.8, 4) is 0 Å². The topological polar surface area (TPSA) is 158 Å². The Morgan fingerprint density at radius 2 is 1.86 bits per heavy atom. The van der Waals surface area contributed by atoms with Gasteiger partial charge in [-0.25, -0.2) is 14.3 Å². The van der Waals surface area contributed by atoms with Crippen LogP contribution in [-0.4, -0.2) is 99.2 Å². The average molecular weight is 996 g/mol. The Kier molecular flexibility index (Phi) is 21.8. The second-order valence-electron chi connectivity index (χ2n) is 17.7. The summed E-state index contributed by atoms with van der Waals surface area (Å²) in [5.41, 5.74) is 16.5. The first-order chi connectivity index (χ1) is 33.5. The van der Waals surface area contributed by atoms with Gasteiger partial charge in [-0.3, -0.25) is 29.6 Å². The Balaban J connectivity index is 0.00000231. The maximum absolute atomic E-state index is 15.9.